The van der Waals surface area contributed by atoms with Gasteiger partial charge in [0.05, 0.1) is 12.2 Å². The number of fused-ring (bicyclic) bond motifs is 1. The molecule has 0 saturated carbocycles. The Morgan fingerprint density at radius 3 is 2.71 bits per heavy atom. The molecule has 9 heteroatoms. The molecule has 2 aliphatic rings. The fraction of sp³-hybridized carbons (Fsp3) is 0.474. The second-order valence-corrected chi connectivity index (χ2v) is 7.91. The Hall–Kier alpha value is -2.23. The number of benzene rings is 1. The Morgan fingerprint density at radius 1 is 1.36 bits per heavy atom. The van der Waals surface area contributed by atoms with Crippen molar-refractivity contribution in [3.05, 3.63) is 29.3 Å². The average Bonchev–Trinajstić information content (AvgIpc) is 2.89. The van der Waals surface area contributed by atoms with Gasteiger partial charge in [-0.05, 0) is 37.8 Å². The molecular weight excluding hydrogens is 386 g/mol. The van der Waals surface area contributed by atoms with E-state index in [-0.39, 0.29) is 29.9 Å². The van der Waals surface area contributed by atoms with Gasteiger partial charge in [-0.1, -0.05) is 12.1 Å². The summed E-state index contributed by atoms with van der Waals surface area (Å²) >= 11 is 1.42. The third-order valence-electron chi connectivity index (χ3n) is 5.24. The van der Waals surface area contributed by atoms with E-state index in [1.165, 1.54) is 36.9 Å². The predicted molar refractivity (Wildman–Crippen MR) is 100 cm³/mol. The zero-order valence-corrected chi connectivity index (χ0v) is 16.3. The lowest BCUT2D eigenvalue weighted by atomic mass is 9.67. The van der Waals surface area contributed by atoms with Gasteiger partial charge in [0.2, 0.25) is 0 Å². The second-order valence-electron chi connectivity index (χ2n) is 6.93. The number of nitrogens with two attached hydrogens (primary N) is 1. The number of rotatable bonds is 6. The standard InChI is InChI=1S/C19H21NO7S/c1-3-26-16(24)15(23)19-9-18(20,7-8-28-2)17(25)27-11-6-4-5-10(13(19)21)12(11)14(19)22/h4-6,15,23H,3,7-9,20H2,1-2H3. The summed E-state index contributed by atoms with van der Waals surface area (Å²) in [5.74, 6) is -3.12. The number of Topliss-reactive ketones (excluding diaryl/α,β-unsaturated/α-hetero) is 2. The van der Waals surface area contributed by atoms with Crippen LogP contribution in [0.1, 0.15) is 40.5 Å². The Bertz CT molecular complexity index is 870. The van der Waals surface area contributed by atoms with Crippen LogP contribution in [0.3, 0.4) is 0 Å². The molecule has 150 valence electrons. The minimum atomic E-state index is -2.22. The summed E-state index contributed by atoms with van der Waals surface area (Å²) in [6.07, 6.45) is -0.731. The number of hydrogen-bond acceptors (Lipinski definition) is 9. The predicted octanol–water partition coefficient (Wildman–Crippen LogP) is 0.736. The normalized spacial score (nSPS) is 27.1. The van der Waals surface area contributed by atoms with Crippen molar-refractivity contribution in [3.63, 3.8) is 0 Å². The van der Waals surface area contributed by atoms with Crippen molar-refractivity contribution in [1.29, 1.82) is 0 Å². The SMILES string of the molecule is CCOC(=O)C(O)C12CC(N)(CCSC)C(=O)Oc3cccc(c3C1=O)C2=O. The quantitative estimate of drug-likeness (QED) is 0.398. The molecule has 1 aromatic rings. The Labute approximate surface area is 165 Å². The number of carbonyl (C=O) groups excluding carboxylic acids is 4. The third kappa shape index (κ3) is 2.85. The van der Waals surface area contributed by atoms with Crippen LogP contribution in [-0.4, -0.2) is 58.9 Å². The largest absolute Gasteiger partial charge is 0.464 e. The minimum Gasteiger partial charge on any atom is -0.464 e. The highest BCUT2D eigenvalue weighted by atomic mass is 32.2. The summed E-state index contributed by atoms with van der Waals surface area (Å²) in [7, 11) is 0. The molecular formula is C19H21NO7S. The van der Waals surface area contributed by atoms with Crippen molar-refractivity contribution in [3.8, 4) is 5.75 Å². The number of ether oxygens (including phenoxy) is 2. The first-order valence-corrected chi connectivity index (χ1v) is 10.2. The molecule has 1 aromatic carbocycles. The zero-order chi connectivity index (χ0) is 20.7. The van der Waals surface area contributed by atoms with Gasteiger partial charge < -0.3 is 20.3 Å². The van der Waals surface area contributed by atoms with Gasteiger partial charge in [0.15, 0.2) is 17.7 Å². The van der Waals surface area contributed by atoms with E-state index in [1.807, 2.05) is 6.26 Å². The van der Waals surface area contributed by atoms with Crippen LogP contribution in [0.5, 0.6) is 5.75 Å². The minimum absolute atomic E-state index is 0.00670. The fourth-order valence-electron chi connectivity index (χ4n) is 3.78. The van der Waals surface area contributed by atoms with Crippen LogP contribution in [0, 0.1) is 5.41 Å². The van der Waals surface area contributed by atoms with E-state index in [2.05, 4.69) is 0 Å². The molecule has 28 heavy (non-hydrogen) atoms. The lowest BCUT2D eigenvalue weighted by molar-refractivity contribution is -0.159. The molecule has 0 saturated heterocycles. The van der Waals surface area contributed by atoms with E-state index in [0.29, 0.717) is 5.75 Å². The van der Waals surface area contributed by atoms with Crippen LogP contribution in [0.25, 0.3) is 0 Å². The molecule has 0 radical (unpaired) electrons. The first-order chi connectivity index (χ1) is 13.2. The van der Waals surface area contributed by atoms with E-state index < -0.39 is 47.0 Å². The molecule has 3 rings (SSSR count). The number of aliphatic hydroxyl groups excluding tert-OH is 1. The highest BCUT2D eigenvalue weighted by Crippen LogP contribution is 2.50. The lowest BCUT2D eigenvalue weighted by Gasteiger charge is -2.38. The number of aliphatic hydroxyl groups is 1. The van der Waals surface area contributed by atoms with Crippen molar-refractivity contribution in [2.75, 3.05) is 18.6 Å². The Kier molecular flexibility index (Phi) is 5.35. The van der Waals surface area contributed by atoms with Crippen molar-refractivity contribution in [2.45, 2.75) is 31.4 Å². The average molecular weight is 407 g/mol. The molecule has 0 spiro atoms. The summed E-state index contributed by atoms with van der Waals surface area (Å²) in [5, 5.41) is 10.8. The third-order valence-corrected chi connectivity index (χ3v) is 5.85. The smallest absolute Gasteiger partial charge is 0.336 e. The van der Waals surface area contributed by atoms with E-state index >= 15 is 0 Å². The van der Waals surface area contributed by atoms with Gasteiger partial charge in [-0.15, -0.1) is 0 Å². The maximum absolute atomic E-state index is 13.4. The molecule has 1 aliphatic carbocycles. The van der Waals surface area contributed by atoms with Gasteiger partial charge >= 0.3 is 11.9 Å². The first kappa shape index (κ1) is 20.5. The van der Waals surface area contributed by atoms with Gasteiger partial charge in [-0.3, -0.25) is 9.59 Å². The van der Waals surface area contributed by atoms with Crippen LogP contribution in [0.2, 0.25) is 0 Å². The monoisotopic (exact) mass is 407 g/mol. The molecule has 8 nitrogen and oxygen atoms in total. The molecule has 1 aliphatic heterocycles. The zero-order valence-electron chi connectivity index (χ0n) is 15.5. The summed E-state index contributed by atoms with van der Waals surface area (Å²) in [6.45, 7) is 1.49. The number of carbonyl (C=O) groups is 4. The summed E-state index contributed by atoms with van der Waals surface area (Å²) in [5.41, 5.74) is 2.24. The van der Waals surface area contributed by atoms with Gasteiger partial charge in [0.25, 0.3) is 0 Å². The highest BCUT2D eigenvalue weighted by molar-refractivity contribution is 7.98. The van der Waals surface area contributed by atoms with Crippen LogP contribution < -0.4 is 10.5 Å². The molecule has 3 unspecified atom stereocenters. The molecule has 1 heterocycles. The summed E-state index contributed by atoms with van der Waals surface area (Å²) in [6, 6.07) is 4.25. The van der Waals surface area contributed by atoms with E-state index in [9.17, 15) is 24.3 Å². The van der Waals surface area contributed by atoms with Crippen molar-refractivity contribution in [1.82, 2.24) is 0 Å². The van der Waals surface area contributed by atoms with Crippen LogP contribution in [-0.2, 0) is 14.3 Å². The second kappa shape index (κ2) is 7.31. The van der Waals surface area contributed by atoms with E-state index in [0.717, 1.165) is 0 Å². The van der Waals surface area contributed by atoms with Crippen molar-refractivity contribution >= 4 is 35.3 Å². The maximum atomic E-state index is 13.4. The maximum Gasteiger partial charge on any atom is 0.336 e. The molecule has 0 aromatic heterocycles. The van der Waals surface area contributed by atoms with Crippen molar-refractivity contribution < 1.29 is 33.8 Å². The molecule has 3 atom stereocenters. The molecule has 0 fully saturated rings. The van der Waals surface area contributed by atoms with Gasteiger partial charge in [0.1, 0.15) is 16.7 Å². The van der Waals surface area contributed by atoms with Gasteiger partial charge in [-0.2, -0.15) is 11.8 Å². The summed E-state index contributed by atoms with van der Waals surface area (Å²) < 4.78 is 10.2. The van der Waals surface area contributed by atoms with Gasteiger partial charge in [0, 0.05) is 5.56 Å². The van der Waals surface area contributed by atoms with Crippen LogP contribution in [0.4, 0.5) is 0 Å². The van der Waals surface area contributed by atoms with E-state index in [4.69, 9.17) is 15.2 Å². The summed E-state index contributed by atoms with van der Waals surface area (Å²) in [4.78, 5) is 51.8. The first-order valence-electron chi connectivity index (χ1n) is 8.80. The van der Waals surface area contributed by atoms with E-state index in [1.54, 1.807) is 0 Å². The molecule has 2 bridgehead atoms. The Balaban J connectivity index is 2.23. The number of thioether (sulfide) groups is 1. The molecule has 0 amide bonds. The van der Waals surface area contributed by atoms with Crippen molar-refractivity contribution in [2.24, 2.45) is 11.1 Å². The van der Waals surface area contributed by atoms with Crippen LogP contribution >= 0.6 is 11.8 Å². The molecule has 3 N–H and O–H groups in total. The highest BCUT2D eigenvalue weighted by Gasteiger charge is 2.65. The van der Waals surface area contributed by atoms with Crippen LogP contribution in [0.15, 0.2) is 18.2 Å². The number of ketones is 2. The van der Waals surface area contributed by atoms with Gasteiger partial charge in [-0.25, -0.2) is 9.59 Å². The fourth-order valence-corrected chi connectivity index (χ4v) is 4.35. The topological polar surface area (TPSA) is 133 Å². The number of esters is 2. The Morgan fingerprint density at radius 2 is 2.07 bits per heavy atom. The lowest BCUT2D eigenvalue weighted by Crippen LogP contribution is -2.61. The number of hydrogen-bond donors (Lipinski definition) is 2.